The maximum absolute atomic E-state index is 11.5. The minimum absolute atomic E-state index is 0.132. The standard InChI is InChI=1S/C13H16N4O2S/c1-9-4-12(18)16-13(15-9)11-6-17(2-3-19-11)5-10-7-20-8-14-10/h4,7-8,11H,2-3,5-6H2,1H3,(H,15,16,18)/t11-/m1/s1. The number of nitrogens with zero attached hydrogens (tertiary/aromatic N) is 3. The van der Waals surface area contributed by atoms with E-state index < -0.39 is 0 Å². The first kappa shape index (κ1) is 13.4. The van der Waals surface area contributed by atoms with E-state index in [1.54, 1.807) is 11.3 Å². The highest BCUT2D eigenvalue weighted by atomic mass is 32.1. The van der Waals surface area contributed by atoms with Gasteiger partial charge in [0, 0.05) is 36.8 Å². The molecule has 1 fully saturated rings. The first-order valence-electron chi connectivity index (χ1n) is 6.49. The lowest BCUT2D eigenvalue weighted by atomic mass is 10.2. The Hall–Kier alpha value is -1.57. The minimum atomic E-state index is -0.185. The predicted octanol–water partition coefficient (Wildman–Crippen LogP) is 1.11. The van der Waals surface area contributed by atoms with Gasteiger partial charge in [0.2, 0.25) is 0 Å². The molecule has 0 aromatic carbocycles. The summed E-state index contributed by atoms with van der Waals surface area (Å²) in [5.74, 6) is 0.609. The summed E-state index contributed by atoms with van der Waals surface area (Å²) in [5.41, 5.74) is 3.49. The van der Waals surface area contributed by atoms with E-state index in [0.29, 0.717) is 24.7 Å². The van der Waals surface area contributed by atoms with Gasteiger partial charge in [0.05, 0.1) is 17.8 Å². The number of hydrogen-bond acceptors (Lipinski definition) is 6. The van der Waals surface area contributed by atoms with E-state index >= 15 is 0 Å². The number of rotatable bonds is 3. The van der Waals surface area contributed by atoms with Gasteiger partial charge in [-0.2, -0.15) is 0 Å². The van der Waals surface area contributed by atoms with E-state index in [0.717, 1.165) is 18.8 Å². The van der Waals surface area contributed by atoms with Gasteiger partial charge in [-0.15, -0.1) is 11.3 Å². The Morgan fingerprint density at radius 3 is 3.25 bits per heavy atom. The number of nitrogens with one attached hydrogen (secondary N) is 1. The largest absolute Gasteiger partial charge is 0.368 e. The number of aromatic nitrogens is 3. The summed E-state index contributed by atoms with van der Waals surface area (Å²) in [4.78, 5) is 25.2. The molecule has 0 saturated carbocycles. The third-order valence-electron chi connectivity index (χ3n) is 3.21. The molecule has 0 bridgehead atoms. The summed E-state index contributed by atoms with van der Waals surface area (Å²) in [6.45, 7) is 4.83. The fourth-order valence-corrected chi connectivity index (χ4v) is 2.86. The Bertz CT molecular complexity index is 626. The molecule has 3 heterocycles. The monoisotopic (exact) mass is 292 g/mol. The molecule has 1 aliphatic heterocycles. The highest BCUT2D eigenvalue weighted by Crippen LogP contribution is 2.20. The van der Waals surface area contributed by atoms with Gasteiger partial charge >= 0.3 is 0 Å². The maximum Gasteiger partial charge on any atom is 0.251 e. The zero-order chi connectivity index (χ0) is 13.9. The molecule has 1 atom stereocenters. The summed E-state index contributed by atoms with van der Waals surface area (Å²) < 4.78 is 5.73. The zero-order valence-electron chi connectivity index (χ0n) is 11.2. The van der Waals surface area contributed by atoms with Crippen molar-refractivity contribution in [2.75, 3.05) is 19.7 Å². The van der Waals surface area contributed by atoms with Crippen molar-refractivity contribution in [3.63, 3.8) is 0 Å². The first-order valence-corrected chi connectivity index (χ1v) is 7.44. The number of aryl methyl sites for hydroxylation is 1. The Kier molecular flexibility index (Phi) is 3.90. The molecule has 0 radical (unpaired) electrons. The topological polar surface area (TPSA) is 71.1 Å². The minimum Gasteiger partial charge on any atom is -0.368 e. The fraction of sp³-hybridized carbons (Fsp3) is 0.462. The predicted molar refractivity (Wildman–Crippen MR) is 75.7 cm³/mol. The molecule has 20 heavy (non-hydrogen) atoms. The smallest absolute Gasteiger partial charge is 0.251 e. The molecule has 1 N–H and O–H groups in total. The molecular weight excluding hydrogens is 276 g/mol. The van der Waals surface area contributed by atoms with Gasteiger partial charge in [-0.3, -0.25) is 9.69 Å². The van der Waals surface area contributed by atoms with Crippen molar-refractivity contribution in [3.8, 4) is 0 Å². The van der Waals surface area contributed by atoms with Gasteiger partial charge < -0.3 is 9.72 Å². The number of hydrogen-bond donors (Lipinski definition) is 1. The normalized spacial score (nSPS) is 20.1. The molecular formula is C13H16N4O2S. The highest BCUT2D eigenvalue weighted by Gasteiger charge is 2.24. The van der Waals surface area contributed by atoms with Crippen LogP contribution in [0.15, 0.2) is 21.8 Å². The molecule has 0 spiro atoms. The van der Waals surface area contributed by atoms with E-state index in [1.807, 2.05) is 12.4 Å². The lowest BCUT2D eigenvalue weighted by Gasteiger charge is -2.31. The third-order valence-corrected chi connectivity index (χ3v) is 3.85. The molecule has 6 nitrogen and oxygen atoms in total. The van der Waals surface area contributed by atoms with Gasteiger partial charge in [-0.25, -0.2) is 9.97 Å². The summed E-state index contributed by atoms with van der Waals surface area (Å²) >= 11 is 1.60. The Morgan fingerprint density at radius 1 is 1.60 bits per heavy atom. The molecule has 3 rings (SSSR count). The van der Waals surface area contributed by atoms with Crippen LogP contribution >= 0.6 is 11.3 Å². The van der Waals surface area contributed by atoms with E-state index in [9.17, 15) is 4.79 Å². The molecule has 1 aliphatic rings. The van der Waals surface area contributed by atoms with Crippen LogP contribution in [0.3, 0.4) is 0 Å². The van der Waals surface area contributed by atoms with Crippen LogP contribution in [0.25, 0.3) is 0 Å². The number of morpholine rings is 1. The lowest BCUT2D eigenvalue weighted by molar-refractivity contribution is -0.0377. The second-order valence-corrected chi connectivity index (χ2v) is 5.57. The van der Waals surface area contributed by atoms with Crippen LogP contribution in [0.4, 0.5) is 0 Å². The lowest BCUT2D eigenvalue weighted by Crippen LogP contribution is -2.39. The summed E-state index contributed by atoms with van der Waals surface area (Å²) in [5, 5.41) is 2.05. The highest BCUT2D eigenvalue weighted by molar-refractivity contribution is 7.07. The second kappa shape index (κ2) is 5.82. The van der Waals surface area contributed by atoms with Gasteiger partial charge in [0.1, 0.15) is 11.9 Å². The number of ether oxygens (including phenoxy) is 1. The molecule has 0 aliphatic carbocycles. The van der Waals surface area contributed by atoms with E-state index in [2.05, 4.69) is 25.2 Å². The van der Waals surface area contributed by atoms with Crippen molar-refractivity contribution in [2.24, 2.45) is 0 Å². The summed E-state index contributed by atoms with van der Waals surface area (Å²) in [6, 6.07) is 1.49. The van der Waals surface area contributed by atoms with E-state index in [4.69, 9.17) is 4.74 Å². The van der Waals surface area contributed by atoms with Crippen molar-refractivity contribution >= 4 is 11.3 Å². The Balaban J connectivity index is 1.72. The van der Waals surface area contributed by atoms with Crippen molar-refractivity contribution in [2.45, 2.75) is 19.6 Å². The van der Waals surface area contributed by atoms with Crippen LogP contribution in [0, 0.1) is 6.92 Å². The van der Waals surface area contributed by atoms with Crippen molar-refractivity contribution in [1.29, 1.82) is 0 Å². The molecule has 2 aromatic rings. The molecule has 0 amide bonds. The van der Waals surface area contributed by atoms with E-state index in [1.165, 1.54) is 6.07 Å². The second-order valence-electron chi connectivity index (χ2n) is 4.85. The van der Waals surface area contributed by atoms with Crippen LogP contribution in [0.2, 0.25) is 0 Å². The Morgan fingerprint density at radius 2 is 2.50 bits per heavy atom. The fourth-order valence-electron chi connectivity index (χ4n) is 2.31. The SMILES string of the molecule is Cc1cc(=O)[nH]c([C@H]2CN(Cc3cscn3)CCO2)n1. The molecule has 106 valence electrons. The molecule has 0 unspecified atom stereocenters. The van der Waals surface area contributed by atoms with Crippen molar-refractivity contribution in [3.05, 3.63) is 44.5 Å². The number of H-pyrrole nitrogens is 1. The van der Waals surface area contributed by atoms with E-state index in [-0.39, 0.29) is 11.7 Å². The number of thiazole rings is 1. The van der Waals surface area contributed by atoms with Gasteiger partial charge in [0.25, 0.3) is 5.56 Å². The molecule has 7 heteroatoms. The number of aromatic amines is 1. The maximum atomic E-state index is 11.5. The van der Waals surface area contributed by atoms with Gasteiger partial charge in [-0.05, 0) is 6.92 Å². The Labute approximate surface area is 120 Å². The zero-order valence-corrected chi connectivity index (χ0v) is 12.0. The molecule has 2 aromatic heterocycles. The summed E-state index contributed by atoms with van der Waals surface area (Å²) in [7, 11) is 0. The van der Waals surface area contributed by atoms with Crippen LogP contribution < -0.4 is 5.56 Å². The average molecular weight is 292 g/mol. The third kappa shape index (κ3) is 3.12. The quantitative estimate of drug-likeness (QED) is 0.917. The van der Waals surface area contributed by atoms with Crippen LogP contribution in [0.1, 0.15) is 23.3 Å². The van der Waals surface area contributed by atoms with Crippen molar-refractivity contribution in [1.82, 2.24) is 19.9 Å². The van der Waals surface area contributed by atoms with Crippen LogP contribution in [-0.4, -0.2) is 39.5 Å². The summed E-state index contributed by atoms with van der Waals surface area (Å²) in [6.07, 6.45) is -0.185. The van der Waals surface area contributed by atoms with Gasteiger partial charge in [-0.1, -0.05) is 0 Å². The molecule has 1 saturated heterocycles. The van der Waals surface area contributed by atoms with Gasteiger partial charge in [0.15, 0.2) is 0 Å². The van der Waals surface area contributed by atoms with Crippen LogP contribution in [-0.2, 0) is 11.3 Å². The first-order chi connectivity index (χ1) is 9.70. The van der Waals surface area contributed by atoms with Crippen molar-refractivity contribution < 1.29 is 4.74 Å². The van der Waals surface area contributed by atoms with Crippen LogP contribution in [0.5, 0.6) is 0 Å². The average Bonchev–Trinajstić information content (AvgIpc) is 2.91.